The number of nitrogen functional groups attached to an aromatic ring is 1. The van der Waals surface area contributed by atoms with Crippen molar-refractivity contribution in [3.63, 3.8) is 0 Å². The van der Waals surface area contributed by atoms with Crippen molar-refractivity contribution in [1.29, 1.82) is 0 Å². The van der Waals surface area contributed by atoms with Crippen LogP contribution in [0.4, 0.5) is 11.4 Å². The number of carbonyl (C=O) groups is 1. The fraction of sp³-hybridized carbons (Fsp3) is 0.462. The summed E-state index contributed by atoms with van der Waals surface area (Å²) in [4.78, 5) is 11.3. The van der Waals surface area contributed by atoms with Gasteiger partial charge in [-0.15, -0.1) is 0 Å². The third-order valence-electron chi connectivity index (χ3n) is 3.46. The maximum atomic E-state index is 11.3. The van der Waals surface area contributed by atoms with E-state index in [0.717, 1.165) is 10.2 Å². The minimum absolute atomic E-state index is 0.00749. The first-order valence-electron chi connectivity index (χ1n) is 5.98. The van der Waals surface area contributed by atoms with Gasteiger partial charge in [-0.2, -0.15) is 0 Å². The van der Waals surface area contributed by atoms with Gasteiger partial charge in [0.2, 0.25) is 0 Å². The van der Waals surface area contributed by atoms with Crippen molar-refractivity contribution in [3.8, 4) is 0 Å². The number of benzene rings is 1. The van der Waals surface area contributed by atoms with Crippen molar-refractivity contribution < 1.29 is 4.79 Å². The van der Waals surface area contributed by atoms with Crippen molar-refractivity contribution in [2.75, 3.05) is 11.1 Å². The summed E-state index contributed by atoms with van der Waals surface area (Å²) < 4.78 is 0.846. The Balaban J connectivity index is 2.32. The molecule has 1 amide bonds. The predicted molar refractivity (Wildman–Crippen MR) is 77.5 cm³/mol. The molecule has 2 rings (SSSR count). The molecule has 0 unspecified atom stereocenters. The van der Waals surface area contributed by atoms with Crippen molar-refractivity contribution >= 4 is 33.2 Å². The molecule has 0 bridgehead atoms. The highest BCUT2D eigenvalue weighted by atomic mass is 79.9. The Morgan fingerprint density at radius 3 is 2.56 bits per heavy atom. The molecular weight excluding hydrogens is 294 g/mol. The molecule has 0 saturated heterocycles. The minimum Gasteiger partial charge on any atom is -0.398 e. The van der Waals surface area contributed by atoms with E-state index in [9.17, 15) is 4.79 Å². The molecule has 1 aliphatic rings. The van der Waals surface area contributed by atoms with E-state index in [1.54, 1.807) is 12.1 Å². The van der Waals surface area contributed by atoms with Gasteiger partial charge in [-0.05, 0) is 60.7 Å². The third kappa shape index (κ3) is 2.61. The Hall–Kier alpha value is -1.23. The van der Waals surface area contributed by atoms with E-state index in [2.05, 4.69) is 35.1 Å². The van der Waals surface area contributed by atoms with E-state index in [1.165, 1.54) is 12.8 Å². The van der Waals surface area contributed by atoms with E-state index in [-0.39, 0.29) is 5.54 Å². The maximum absolute atomic E-state index is 11.3. The minimum atomic E-state index is -0.507. The Kier molecular flexibility index (Phi) is 3.27. The molecule has 0 spiro atoms. The normalized spacial score (nSPS) is 15.5. The van der Waals surface area contributed by atoms with Crippen LogP contribution in [0.5, 0.6) is 0 Å². The number of primary amides is 1. The SMILES string of the molecule is CC(C)(Nc1cc(C(N)=O)c(N)cc1Br)C1CC1. The van der Waals surface area contributed by atoms with Gasteiger partial charge in [-0.3, -0.25) is 4.79 Å². The molecule has 0 heterocycles. The van der Waals surface area contributed by atoms with Gasteiger partial charge in [0.05, 0.1) is 5.56 Å². The quantitative estimate of drug-likeness (QED) is 0.748. The Labute approximate surface area is 115 Å². The maximum Gasteiger partial charge on any atom is 0.250 e. The second kappa shape index (κ2) is 4.46. The number of halogens is 1. The largest absolute Gasteiger partial charge is 0.398 e. The molecular formula is C13H18BrN3O. The summed E-state index contributed by atoms with van der Waals surface area (Å²) in [5.74, 6) is 0.172. The van der Waals surface area contributed by atoms with E-state index >= 15 is 0 Å². The molecule has 0 radical (unpaired) electrons. The van der Waals surface area contributed by atoms with Gasteiger partial charge in [0.25, 0.3) is 5.91 Å². The molecule has 1 aromatic carbocycles. The molecule has 0 aromatic heterocycles. The summed E-state index contributed by atoms with van der Waals surface area (Å²) in [6.07, 6.45) is 2.49. The number of nitrogens with two attached hydrogens (primary N) is 2. The van der Waals surface area contributed by atoms with E-state index in [4.69, 9.17) is 11.5 Å². The highest BCUT2D eigenvalue weighted by Gasteiger charge is 2.37. The van der Waals surface area contributed by atoms with Crippen LogP contribution >= 0.6 is 15.9 Å². The lowest BCUT2D eigenvalue weighted by Gasteiger charge is -2.28. The molecule has 5 heteroatoms. The van der Waals surface area contributed by atoms with Crippen LogP contribution in [0.1, 0.15) is 37.0 Å². The van der Waals surface area contributed by atoms with Crippen molar-refractivity contribution in [3.05, 3.63) is 22.2 Å². The zero-order chi connectivity index (χ0) is 13.5. The number of rotatable bonds is 4. The Morgan fingerprint density at radius 2 is 2.06 bits per heavy atom. The summed E-state index contributed by atoms with van der Waals surface area (Å²) in [5, 5.41) is 3.46. The smallest absolute Gasteiger partial charge is 0.250 e. The molecule has 18 heavy (non-hydrogen) atoms. The highest BCUT2D eigenvalue weighted by Crippen LogP contribution is 2.42. The summed E-state index contributed by atoms with van der Waals surface area (Å²) in [7, 11) is 0. The first-order chi connectivity index (χ1) is 8.31. The predicted octanol–water partition coefficient (Wildman–Crippen LogP) is 2.73. The number of hydrogen-bond acceptors (Lipinski definition) is 3. The summed E-state index contributed by atoms with van der Waals surface area (Å²) in [6, 6.07) is 3.43. The van der Waals surface area contributed by atoms with E-state index < -0.39 is 5.91 Å². The zero-order valence-corrected chi connectivity index (χ0v) is 12.2. The number of nitrogens with one attached hydrogen (secondary N) is 1. The third-order valence-corrected chi connectivity index (χ3v) is 4.12. The molecule has 98 valence electrons. The summed E-state index contributed by atoms with van der Waals surface area (Å²) >= 11 is 3.46. The fourth-order valence-corrected chi connectivity index (χ4v) is 2.61. The molecule has 1 saturated carbocycles. The molecule has 1 aromatic rings. The van der Waals surface area contributed by atoms with Crippen molar-refractivity contribution in [2.45, 2.75) is 32.2 Å². The number of anilines is 2. The monoisotopic (exact) mass is 311 g/mol. The van der Waals surface area contributed by atoms with Gasteiger partial charge >= 0.3 is 0 Å². The first kappa shape index (κ1) is 13.2. The molecule has 1 fully saturated rings. The molecule has 5 N–H and O–H groups in total. The van der Waals surface area contributed by atoms with Crippen LogP contribution in [0.3, 0.4) is 0 Å². The molecule has 0 aliphatic heterocycles. The van der Waals surface area contributed by atoms with Crippen LogP contribution in [0.15, 0.2) is 16.6 Å². The average Bonchev–Trinajstić information content (AvgIpc) is 3.04. The van der Waals surface area contributed by atoms with E-state index in [1.807, 2.05) is 0 Å². The fourth-order valence-electron chi connectivity index (χ4n) is 2.15. The van der Waals surface area contributed by atoms with Gasteiger partial charge in [0.1, 0.15) is 0 Å². The highest BCUT2D eigenvalue weighted by molar-refractivity contribution is 9.10. The van der Waals surface area contributed by atoms with Gasteiger partial charge in [0.15, 0.2) is 0 Å². The van der Waals surface area contributed by atoms with E-state index in [0.29, 0.717) is 17.2 Å². The topological polar surface area (TPSA) is 81.1 Å². The van der Waals surface area contributed by atoms with Crippen molar-refractivity contribution in [1.82, 2.24) is 0 Å². The van der Waals surface area contributed by atoms with Gasteiger partial charge in [-0.1, -0.05) is 0 Å². The number of hydrogen-bond donors (Lipinski definition) is 3. The second-order valence-corrected chi connectivity index (χ2v) is 6.26. The average molecular weight is 312 g/mol. The van der Waals surface area contributed by atoms with Gasteiger partial charge in [0, 0.05) is 21.4 Å². The summed E-state index contributed by atoms with van der Waals surface area (Å²) in [6.45, 7) is 4.33. The van der Waals surface area contributed by atoms with Crippen molar-refractivity contribution in [2.24, 2.45) is 11.7 Å². The van der Waals surface area contributed by atoms with Crippen LogP contribution in [0.2, 0.25) is 0 Å². The zero-order valence-electron chi connectivity index (χ0n) is 10.6. The van der Waals surface area contributed by atoms with Crippen LogP contribution in [-0.2, 0) is 0 Å². The number of amides is 1. The van der Waals surface area contributed by atoms with Crippen LogP contribution < -0.4 is 16.8 Å². The van der Waals surface area contributed by atoms with Crippen LogP contribution in [-0.4, -0.2) is 11.4 Å². The lowest BCUT2D eigenvalue weighted by atomic mass is 9.98. The Bertz CT molecular complexity index is 495. The second-order valence-electron chi connectivity index (χ2n) is 5.40. The molecule has 4 nitrogen and oxygen atoms in total. The van der Waals surface area contributed by atoms with Crippen LogP contribution in [0.25, 0.3) is 0 Å². The lowest BCUT2D eigenvalue weighted by Crippen LogP contribution is -2.33. The standard InChI is InChI=1S/C13H18BrN3O/c1-13(2,7-3-4-7)17-11-5-8(12(16)18)10(15)6-9(11)14/h5-7,17H,3-4,15H2,1-2H3,(H2,16,18). The van der Waals surface area contributed by atoms with Crippen LogP contribution in [0, 0.1) is 5.92 Å². The van der Waals surface area contributed by atoms with Gasteiger partial charge < -0.3 is 16.8 Å². The molecule has 1 aliphatic carbocycles. The Morgan fingerprint density at radius 1 is 1.44 bits per heavy atom. The lowest BCUT2D eigenvalue weighted by molar-refractivity contribution is 0.100. The summed E-state index contributed by atoms with van der Waals surface area (Å²) in [5.41, 5.74) is 12.7. The van der Waals surface area contributed by atoms with Gasteiger partial charge in [-0.25, -0.2) is 0 Å². The molecule has 0 atom stereocenters. The first-order valence-corrected chi connectivity index (χ1v) is 6.77. The number of carbonyl (C=O) groups excluding carboxylic acids is 1.